The summed E-state index contributed by atoms with van der Waals surface area (Å²) >= 11 is 5.73. The first-order valence-electron chi connectivity index (χ1n) is 5.89. The van der Waals surface area contributed by atoms with Crippen LogP contribution in [0, 0.1) is 16.7 Å². The number of benzene rings is 2. The zero-order valence-electron chi connectivity index (χ0n) is 10.8. The predicted octanol–water partition coefficient (Wildman–Crippen LogP) is 4.86. The molecule has 0 atom stereocenters. The van der Waals surface area contributed by atoms with Crippen LogP contribution in [-0.2, 0) is 6.18 Å². The molecule has 0 heterocycles. The second-order valence-corrected chi connectivity index (χ2v) is 4.60. The zero-order valence-corrected chi connectivity index (χ0v) is 11.6. The van der Waals surface area contributed by atoms with Gasteiger partial charge in [-0.05, 0) is 24.3 Å². The summed E-state index contributed by atoms with van der Waals surface area (Å²) in [6.07, 6.45) is -4.51. The van der Waals surface area contributed by atoms with E-state index in [1.54, 1.807) is 6.07 Å². The average molecular weight is 331 g/mol. The van der Waals surface area contributed by atoms with Crippen molar-refractivity contribution in [3.8, 4) is 5.75 Å². The van der Waals surface area contributed by atoms with Crippen molar-refractivity contribution in [2.75, 3.05) is 0 Å². The summed E-state index contributed by atoms with van der Waals surface area (Å²) < 4.78 is 42.7. The minimum Gasteiger partial charge on any atom is -0.480 e. The molecule has 0 aliphatic rings. The maximum Gasteiger partial charge on any atom is 0.416 e. The summed E-state index contributed by atoms with van der Waals surface area (Å²) in [4.78, 5) is 10.2. The van der Waals surface area contributed by atoms with Crippen LogP contribution in [0.1, 0.15) is 11.1 Å². The molecular formula is C14H8ClF3NO3. The summed E-state index contributed by atoms with van der Waals surface area (Å²) in [7, 11) is 0. The van der Waals surface area contributed by atoms with Crippen molar-refractivity contribution in [2.24, 2.45) is 0 Å². The number of hydrogen-bond donors (Lipinski definition) is 0. The predicted molar refractivity (Wildman–Crippen MR) is 73.6 cm³/mol. The molecule has 0 N–H and O–H groups in total. The molecule has 1 radical (unpaired) electrons. The normalized spacial score (nSPS) is 11.3. The Balaban J connectivity index is 2.18. The fourth-order valence-corrected chi connectivity index (χ4v) is 1.88. The number of nitro groups is 1. The van der Waals surface area contributed by atoms with Crippen molar-refractivity contribution >= 4 is 17.3 Å². The zero-order chi connectivity index (χ0) is 16.3. The fourth-order valence-electron chi connectivity index (χ4n) is 1.65. The van der Waals surface area contributed by atoms with Crippen LogP contribution in [-0.4, -0.2) is 4.92 Å². The Hall–Kier alpha value is -2.28. The Morgan fingerprint density at radius 2 is 1.86 bits per heavy atom. The Kier molecular flexibility index (Phi) is 4.56. The largest absolute Gasteiger partial charge is 0.480 e. The van der Waals surface area contributed by atoms with Crippen LogP contribution in [0.15, 0.2) is 42.5 Å². The topological polar surface area (TPSA) is 52.4 Å². The van der Waals surface area contributed by atoms with E-state index in [4.69, 9.17) is 16.3 Å². The van der Waals surface area contributed by atoms with Gasteiger partial charge in [-0.3, -0.25) is 10.1 Å². The Morgan fingerprint density at radius 3 is 2.45 bits per heavy atom. The Labute approximate surface area is 128 Å². The minimum atomic E-state index is -4.51. The van der Waals surface area contributed by atoms with Gasteiger partial charge in [0.25, 0.3) is 5.69 Å². The van der Waals surface area contributed by atoms with E-state index < -0.39 is 16.7 Å². The molecule has 115 valence electrons. The quantitative estimate of drug-likeness (QED) is 0.594. The molecular weight excluding hydrogens is 323 g/mol. The van der Waals surface area contributed by atoms with Crippen LogP contribution >= 0.6 is 11.6 Å². The van der Waals surface area contributed by atoms with Gasteiger partial charge in [-0.15, -0.1) is 0 Å². The number of alkyl halides is 3. The smallest absolute Gasteiger partial charge is 0.416 e. The van der Waals surface area contributed by atoms with Gasteiger partial charge in [-0.25, -0.2) is 0 Å². The van der Waals surface area contributed by atoms with Gasteiger partial charge in [0, 0.05) is 6.07 Å². The van der Waals surface area contributed by atoms with Crippen molar-refractivity contribution in [1.82, 2.24) is 0 Å². The fraction of sp³-hybridized carbons (Fsp3) is 0.0714. The molecule has 0 aliphatic carbocycles. The molecule has 0 fully saturated rings. The van der Waals surface area contributed by atoms with Gasteiger partial charge in [0.1, 0.15) is 5.75 Å². The van der Waals surface area contributed by atoms with E-state index in [-0.39, 0.29) is 22.0 Å². The van der Waals surface area contributed by atoms with Crippen LogP contribution in [0.4, 0.5) is 18.9 Å². The molecule has 0 bridgehead atoms. The summed E-state index contributed by atoms with van der Waals surface area (Å²) in [6, 6.07) is 8.37. The maximum atomic E-state index is 12.5. The van der Waals surface area contributed by atoms with Crippen molar-refractivity contribution in [3.05, 3.63) is 75.3 Å². The van der Waals surface area contributed by atoms with Crippen LogP contribution in [0.25, 0.3) is 0 Å². The first kappa shape index (κ1) is 16.1. The monoisotopic (exact) mass is 330 g/mol. The third-order valence-corrected chi connectivity index (χ3v) is 3.00. The lowest BCUT2D eigenvalue weighted by Gasteiger charge is -2.11. The van der Waals surface area contributed by atoms with Crippen molar-refractivity contribution in [3.63, 3.8) is 0 Å². The van der Waals surface area contributed by atoms with Gasteiger partial charge in [0.15, 0.2) is 6.61 Å². The summed E-state index contributed by atoms with van der Waals surface area (Å²) in [5.74, 6) is -0.0344. The third kappa shape index (κ3) is 3.67. The van der Waals surface area contributed by atoms with E-state index in [9.17, 15) is 23.3 Å². The SMILES string of the molecule is O=[N+]([O-])c1ccccc1[CH]Oc1ccc(C(F)(F)F)cc1Cl. The molecule has 22 heavy (non-hydrogen) atoms. The molecule has 2 rings (SSSR count). The van der Waals surface area contributed by atoms with Crippen molar-refractivity contribution in [2.45, 2.75) is 6.18 Å². The third-order valence-electron chi connectivity index (χ3n) is 2.71. The lowest BCUT2D eigenvalue weighted by Crippen LogP contribution is -2.05. The van der Waals surface area contributed by atoms with Crippen molar-refractivity contribution < 1.29 is 22.8 Å². The highest BCUT2D eigenvalue weighted by Crippen LogP contribution is 2.35. The molecule has 2 aromatic carbocycles. The van der Waals surface area contributed by atoms with Gasteiger partial charge in [-0.2, -0.15) is 13.2 Å². The first-order chi connectivity index (χ1) is 10.3. The lowest BCUT2D eigenvalue weighted by molar-refractivity contribution is -0.385. The first-order valence-corrected chi connectivity index (χ1v) is 6.27. The summed E-state index contributed by atoms with van der Waals surface area (Å²) in [5.41, 5.74) is -0.926. The average Bonchev–Trinajstić information content (AvgIpc) is 2.45. The maximum absolute atomic E-state index is 12.5. The Morgan fingerprint density at radius 1 is 1.18 bits per heavy atom. The van der Waals surface area contributed by atoms with E-state index in [0.29, 0.717) is 0 Å². The van der Waals surface area contributed by atoms with Gasteiger partial charge in [0.2, 0.25) is 0 Å². The molecule has 0 spiro atoms. The summed E-state index contributed by atoms with van der Waals surface area (Å²) in [5, 5.41) is 10.6. The highest BCUT2D eigenvalue weighted by molar-refractivity contribution is 6.32. The van der Waals surface area contributed by atoms with Crippen LogP contribution in [0.3, 0.4) is 0 Å². The van der Waals surface area contributed by atoms with Crippen LogP contribution in [0.5, 0.6) is 5.75 Å². The molecule has 0 aliphatic heterocycles. The molecule has 0 unspecified atom stereocenters. The standard InChI is InChI=1S/C14H8ClF3NO3/c15-11-7-10(14(16,17)18)5-6-13(11)22-8-9-3-1-2-4-12(9)19(20)21/h1-8H. The van der Waals surface area contributed by atoms with E-state index in [1.807, 2.05) is 0 Å². The molecule has 0 amide bonds. The number of halogens is 4. The number of para-hydroxylation sites is 1. The second-order valence-electron chi connectivity index (χ2n) is 4.19. The number of nitro benzene ring substituents is 1. The van der Waals surface area contributed by atoms with Gasteiger partial charge < -0.3 is 4.74 Å². The van der Waals surface area contributed by atoms with Crippen LogP contribution < -0.4 is 4.74 Å². The molecule has 8 heteroatoms. The van der Waals surface area contributed by atoms with Crippen LogP contribution in [0.2, 0.25) is 5.02 Å². The van der Waals surface area contributed by atoms with Gasteiger partial charge >= 0.3 is 6.18 Å². The van der Waals surface area contributed by atoms with E-state index in [1.165, 1.54) is 18.2 Å². The van der Waals surface area contributed by atoms with Crippen molar-refractivity contribution in [1.29, 1.82) is 0 Å². The molecule has 0 aromatic heterocycles. The number of ether oxygens (including phenoxy) is 1. The highest BCUT2D eigenvalue weighted by atomic mass is 35.5. The molecule has 2 aromatic rings. The van der Waals surface area contributed by atoms with Gasteiger partial charge in [0.05, 0.1) is 21.1 Å². The van der Waals surface area contributed by atoms with E-state index in [2.05, 4.69) is 0 Å². The van der Waals surface area contributed by atoms with E-state index >= 15 is 0 Å². The summed E-state index contributed by atoms with van der Waals surface area (Å²) in [6.45, 7) is 1.06. The molecule has 0 saturated carbocycles. The molecule has 4 nitrogen and oxygen atoms in total. The highest BCUT2D eigenvalue weighted by Gasteiger charge is 2.31. The number of nitrogens with zero attached hydrogens (tertiary/aromatic N) is 1. The Bertz CT molecular complexity index is 704. The van der Waals surface area contributed by atoms with E-state index in [0.717, 1.165) is 24.8 Å². The number of rotatable bonds is 4. The molecule has 0 saturated heterocycles. The lowest BCUT2D eigenvalue weighted by atomic mass is 10.2. The second kappa shape index (κ2) is 6.23. The van der Waals surface area contributed by atoms with Gasteiger partial charge in [-0.1, -0.05) is 23.7 Å². The number of hydrogen-bond acceptors (Lipinski definition) is 3. The minimum absolute atomic E-state index is 0.0344.